The molecule has 14 heavy (non-hydrogen) atoms. The predicted octanol–water partition coefficient (Wildman–Crippen LogP) is 0.693. The SMILES string of the molecule is C=CC.O=C1OCCO1.O=S(=O)(O)O. The van der Waals surface area contributed by atoms with Gasteiger partial charge in [0.25, 0.3) is 0 Å². The van der Waals surface area contributed by atoms with Crippen LogP contribution in [0.5, 0.6) is 0 Å². The van der Waals surface area contributed by atoms with Gasteiger partial charge in [-0.15, -0.1) is 6.58 Å². The Morgan fingerprint density at radius 2 is 1.57 bits per heavy atom. The molecule has 1 fully saturated rings. The van der Waals surface area contributed by atoms with Crippen LogP contribution >= 0.6 is 0 Å². The number of ether oxygens (including phenoxy) is 2. The Labute approximate surface area is 81.9 Å². The molecule has 84 valence electrons. The third-order valence-electron chi connectivity index (χ3n) is 0.523. The van der Waals surface area contributed by atoms with Crippen molar-refractivity contribution in [3.8, 4) is 0 Å². The first kappa shape index (κ1) is 15.4. The summed E-state index contributed by atoms with van der Waals surface area (Å²) in [6.45, 7) is 6.08. The highest BCUT2D eigenvalue weighted by Gasteiger charge is 2.09. The number of carbonyl (C=O) groups is 1. The smallest absolute Gasteiger partial charge is 0.431 e. The minimum Gasteiger partial charge on any atom is -0.431 e. The molecule has 1 rings (SSSR count). The number of rotatable bonds is 0. The van der Waals surface area contributed by atoms with Crippen molar-refractivity contribution in [2.24, 2.45) is 0 Å². The Hall–Kier alpha value is -1.12. The molecule has 0 amide bonds. The molecule has 0 aromatic rings. The average molecular weight is 228 g/mol. The molecule has 7 nitrogen and oxygen atoms in total. The number of allylic oxidation sites excluding steroid dienone is 1. The first-order chi connectivity index (χ1) is 6.31. The molecule has 1 heterocycles. The fourth-order valence-electron chi connectivity index (χ4n) is 0.292. The maximum absolute atomic E-state index is 9.80. The van der Waals surface area contributed by atoms with E-state index < -0.39 is 16.6 Å². The van der Waals surface area contributed by atoms with E-state index >= 15 is 0 Å². The summed E-state index contributed by atoms with van der Waals surface area (Å²) in [4.78, 5) is 9.80. The summed E-state index contributed by atoms with van der Waals surface area (Å²) in [5, 5.41) is 0. The second-order valence-electron chi connectivity index (χ2n) is 1.80. The largest absolute Gasteiger partial charge is 0.508 e. The topological polar surface area (TPSA) is 110 Å². The molecule has 0 saturated carbocycles. The van der Waals surface area contributed by atoms with E-state index in [0.717, 1.165) is 0 Å². The van der Waals surface area contributed by atoms with Crippen molar-refractivity contribution < 1.29 is 31.8 Å². The normalized spacial score (nSPS) is 13.5. The molecule has 8 heteroatoms. The predicted molar refractivity (Wildman–Crippen MR) is 47.3 cm³/mol. The van der Waals surface area contributed by atoms with Crippen LogP contribution in [0.15, 0.2) is 12.7 Å². The lowest BCUT2D eigenvalue weighted by atomic mass is 10.8. The molecule has 0 aromatic carbocycles. The van der Waals surface area contributed by atoms with Crippen LogP contribution in [0.3, 0.4) is 0 Å². The maximum Gasteiger partial charge on any atom is 0.508 e. The van der Waals surface area contributed by atoms with Crippen molar-refractivity contribution in [1.82, 2.24) is 0 Å². The highest BCUT2D eigenvalue weighted by Crippen LogP contribution is 1.92. The molecule has 0 aliphatic carbocycles. The fourth-order valence-corrected chi connectivity index (χ4v) is 0.292. The van der Waals surface area contributed by atoms with E-state index in [-0.39, 0.29) is 0 Å². The third kappa shape index (κ3) is 30.7. The third-order valence-corrected chi connectivity index (χ3v) is 0.523. The molecule has 1 saturated heterocycles. The lowest BCUT2D eigenvalue weighted by Gasteiger charge is -1.78. The van der Waals surface area contributed by atoms with E-state index in [1.54, 1.807) is 6.08 Å². The summed E-state index contributed by atoms with van der Waals surface area (Å²) in [7, 11) is -4.67. The Bertz CT molecular complexity index is 239. The number of carbonyl (C=O) groups excluding carboxylic acids is 1. The zero-order valence-electron chi connectivity index (χ0n) is 7.54. The standard InChI is InChI=1S/C3H4O3.C3H6.H2O4S/c4-3-5-1-2-6-3;1-3-2;1-5(2,3)4/h1-2H2;3H,1H2,2H3;(H2,1,2,3,4). The van der Waals surface area contributed by atoms with Gasteiger partial charge in [0.05, 0.1) is 0 Å². The van der Waals surface area contributed by atoms with E-state index in [9.17, 15) is 4.79 Å². The number of hydrogen-bond acceptors (Lipinski definition) is 5. The molecule has 0 radical (unpaired) electrons. The molecule has 0 bridgehead atoms. The van der Waals surface area contributed by atoms with Gasteiger partial charge >= 0.3 is 16.6 Å². The Kier molecular flexibility index (Phi) is 9.30. The first-order valence-corrected chi connectivity index (χ1v) is 4.77. The van der Waals surface area contributed by atoms with Gasteiger partial charge in [0.1, 0.15) is 13.2 Å². The summed E-state index contributed by atoms with van der Waals surface area (Å²) in [6, 6.07) is 0. The van der Waals surface area contributed by atoms with Crippen molar-refractivity contribution in [2.45, 2.75) is 6.92 Å². The molecule has 1 aliphatic rings. The van der Waals surface area contributed by atoms with Gasteiger partial charge in [-0.3, -0.25) is 9.11 Å². The van der Waals surface area contributed by atoms with Crippen molar-refractivity contribution in [3.63, 3.8) is 0 Å². The van der Waals surface area contributed by atoms with Gasteiger partial charge in [-0.25, -0.2) is 4.79 Å². The van der Waals surface area contributed by atoms with E-state index in [1.807, 2.05) is 6.92 Å². The molecule has 0 aromatic heterocycles. The van der Waals surface area contributed by atoms with Gasteiger partial charge < -0.3 is 9.47 Å². The van der Waals surface area contributed by atoms with Crippen LogP contribution in [-0.4, -0.2) is 36.9 Å². The zero-order valence-corrected chi connectivity index (χ0v) is 8.36. The zero-order chi connectivity index (χ0) is 11.6. The quantitative estimate of drug-likeness (QED) is 0.356. The van der Waals surface area contributed by atoms with Crippen molar-refractivity contribution in [2.75, 3.05) is 13.2 Å². The monoisotopic (exact) mass is 228 g/mol. The fraction of sp³-hybridized carbons (Fsp3) is 0.500. The second kappa shape index (κ2) is 8.48. The van der Waals surface area contributed by atoms with Gasteiger partial charge in [-0.05, 0) is 6.92 Å². The van der Waals surface area contributed by atoms with Crippen LogP contribution in [0.4, 0.5) is 4.79 Å². The van der Waals surface area contributed by atoms with Crippen LogP contribution in [0, 0.1) is 0 Å². The van der Waals surface area contributed by atoms with E-state index in [2.05, 4.69) is 16.1 Å². The van der Waals surface area contributed by atoms with Gasteiger partial charge in [-0.2, -0.15) is 8.42 Å². The maximum atomic E-state index is 9.80. The highest BCUT2D eigenvalue weighted by atomic mass is 32.3. The van der Waals surface area contributed by atoms with Gasteiger partial charge in [0.15, 0.2) is 0 Å². The highest BCUT2D eigenvalue weighted by molar-refractivity contribution is 7.79. The van der Waals surface area contributed by atoms with Crippen LogP contribution in [0.25, 0.3) is 0 Å². The minimum atomic E-state index is -4.67. The van der Waals surface area contributed by atoms with E-state index in [1.165, 1.54) is 0 Å². The van der Waals surface area contributed by atoms with Gasteiger partial charge in [-0.1, -0.05) is 6.08 Å². The van der Waals surface area contributed by atoms with Gasteiger partial charge in [0.2, 0.25) is 0 Å². The molecular weight excluding hydrogens is 216 g/mol. The first-order valence-electron chi connectivity index (χ1n) is 3.37. The average Bonchev–Trinajstić information content (AvgIpc) is 2.37. The molecular formula is C6H12O7S. The summed E-state index contributed by atoms with van der Waals surface area (Å²) in [6.07, 6.45) is 1.20. The molecule has 0 atom stereocenters. The van der Waals surface area contributed by atoms with Crippen LogP contribution in [0.1, 0.15) is 6.92 Å². The molecule has 1 aliphatic heterocycles. The lowest BCUT2D eigenvalue weighted by molar-refractivity contribution is 0.131. The van der Waals surface area contributed by atoms with E-state index in [4.69, 9.17) is 17.5 Å². The van der Waals surface area contributed by atoms with Crippen molar-refractivity contribution in [3.05, 3.63) is 12.7 Å². The van der Waals surface area contributed by atoms with Crippen LogP contribution in [0.2, 0.25) is 0 Å². The summed E-state index contributed by atoms with van der Waals surface area (Å²) in [5.74, 6) is 0. The summed E-state index contributed by atoms with van der Waals surface area (Å²) < 4.78 is 40.2. The molecule has 2 N–H and O–H groups in total. The van der Waals surface area contributed by atoms with Crippen LogP contribution in [-0.2, 0) is 19.9 Å². The number of hydrogen-bond donors (Lipinski definition) is 2. The molecule has 0 unspecified atom stereocenters. The Morgan fingerprint density at radius 1 is 1.36 bits per heavy atom. The Morgan fingerprint density at radius 3 is 1.64 bits per heavy atom. The second-order valence-corrected chi connectivity index (χ2v) is 2.70. The Balaban J connectivity index is 0. The van der Waals surface area contributed by atoms with Gasteiger partial charge in [0, 0.05) is 0 Å². The minimum absolute atomic E-state index is 0.416. The summed E-state index contributed by atoms with van der Waals surface area (Å²) >= 11 is 0. The molecule has 0 spiro atoms. The van der Waals surface area contributed by atoms with Crippen LogP contribution < -0.4 is 0 Å². The lowest BCUT2D eigenvalue weighted by Crippen LogP contribution is -1.89. The van der Waals surface area contributed by atoms with Crippen molar-refractivity contribution >= 4 is 16.6 Å². The summed E-state index contributed by atoms with van der Waals surface area (Å²) in [5.41, 5.74) is 0. The number of cyclic esters (lactones) is 2. The van der Waals surface area contributed by atoms with Crippen molar-refractivity contribution in [1.29, 1.82) is 0 Å². The van der Waals surface area contributed by atoms with E-state index in [0.29, 0.717) is 13.2 Å².